The first-order valence-electron chi connectivity index (χ1n) is 21.3. The minimum absolute atomic E-state index is 0.525. The summed E-state index contributed by atoms with van der Waals surface area (Å²) in [5.41, 5.74) is 22.2. The van der Waals surface area contributed by atoms with E-state index < -0.39 is 5.41 Å². The van der Waals surface area contributed by atoms with E-state index in [0.29, 0.717) is 0 Å². The molecule has 0 amide bonds. The standard InChI is InChI=1S/C59H40N2/c1-5-16-39(17-6-1)44-28-31-50-51-32-29-45(40-18-7-2-8-19-40)36-54(51)59(53(50)35-44)52-27-14-13-26-48(52)49-33-30-46(37-55(49)59)43-24-15-25-47(34-43)58-60-56(41-20-9-3-10-21-41)38-57(61-58)42-22-11-4-12-23-42/h1-3,5-11,13-38H,4,12H2. The second-order valence-electron chi connectivity index (χ2n) is 16.4. The number of benzene rings is 8. The molecule has 0 radical (unpaired) electrons. The highest BCUT2D eigenvalue weighted by molar-refractivity contribution is 5.98. The van der Waals surface area contributed by atoms with Gasteiger partial charge in [-0.05, 0) is 127 Å². The third-order valence-corrected chi connectivity index (χ3v) is 12.9. The molecular formula is C59H40N2. The number of rotatable bonds is 6. The van der Waals surface area contributed by atoms with E-state index in [-0.39, 0.29) is 0 Å². The first-order valence-corrected chi connectivity index (χ1v) is 21.3. The predicted octanol–water partition coefficient (Wildman–Crippen LogP) is 14.9. The summed E-state index contributed by atoms with van der Waals surface area (Å²) >= 11 is 0. The molecule has 3 aliphatic carbocycles. The van der Waals surface area contributed by atoms with Crippen molar-refractivity contribution < 1.29 is 0 Å². The first-order chi connectivity index (χ1) is 30.2. The zero-order chi connectivity index (χ0) is 40.3. The van der Waals surface area contributed by atoms with Gasteiger partial charge in [0.1, 0.15) is 0 Å². The summed E-state index contributed by atoms with van der Waals surface area (Å²) in [6.07, 6.45) is 8.80. The molecule has 1 heterocycles. The van der Waals surface area contributed by atoms with Crippen LogP contribution < -0.4 is 0 Å². The van der Waals surface area contributed by atoms with Crippen LogP contribution in [0.3, 0.4) is 0 Å². The molecule has 12 rings (SSSR count). The highest BCUT2D eigenvalue weighted by Crippen LogP contribution is 2.64. The van der Waals surface area contributed by atoms with E-state index in [4.69, 9.17) is 9.97 Å². The Kier molecular flexibility index (Phi) is 8.24. The van der Waals surface area contributed by atoms with Crippen LogP contribution in [0.5, 0.6) is 0 Å². The molecule has 0 N–H and O–H groups in total. The molecule has 2 heteroatoms. The number of fused-ring (bicyclic) bond motifs is 10. The molecule has 0 bridgehead atoms. The van der Waals surface area contributed by atoms with Gasteiger partial charge in [0.2, 0.25) is 0 Å². The summed E-state index contributed by atoms with van der Waals surface area (Å²) in [6.45, 7) is 0. The lowest BCUT2D eigenvalue weighted by molar-refractivity contribution is 0.794. The number of hydrogen-bond acceptors (Lipinski definition) is 2. The minimum atomic E-state index is -0.525. The van der Waals surface area contributed by atoms with Crippen molar-refractivity contribution in [2.24, 2.45) is 0 Å². The van der Waals surface area contributed by atoms with Gasteiger partial charge < -0.3 is 0 Å². The summed E-state index contributed by atoms with van der Waals surface area (Å²) in [5, 5.41) is 0. The maximum atomic E-state index is 5.22. The van der Waals surface area contributed by atoms with Gasteiger partial charge in [-0.25, -0.2) is 9.97 Å². The smallest absolute Gasteiger partial charge is 0.160 e. The average molecular weight is 777 g/mol. The minimum Gasteiger partial charge on any atom is -0.228 e. The van der Waals surface area contributed by atoms with Crippen LogP contribution in [0, 0.1) is 0 Å². The zero-order valence-corrected chi connectivity index (χ0v) is 33.6. The zero-order valence-electron chi connectivity index (χ0n) is 33.6. The van der Waals surface area contributed by atoms with Gasteiger partial charge in [-0.3, -0.25) is 0 Å². The lowest BCUT2D eigenvalue weighted by Crippen LogP contribution is -2.26. The maximum Gasteiger partial charge on any atom is 0.160 e. The Hall–Kier alpha value is -7.68. The molecule has 0 fully saturated rings. The SMILES string of the molecule is C1=CC(c2cc(-c3ccccc3)nc(-c3cccc(-c4ccc5c(c4)C4(c6ccccc6-5)c5cc(-c6ccccc6)ccc5-c5ccc(-c6ccccc6)cc54)c3)n2)=CCC1. The molecule has 61 heavy (non-hydrogen) atoms. The predicted molar refractivity (Wildman–Crippen MR) is 252 cm³/mol. The Bertz CT molecular complexity index is 3140. The molecule has 0 saturated carbocycles. The van der Waals surface area contributed by atoms with Crippen LogP contribution in [0.1, 0.15) is 40.8 Å². The number of aromatic nitrogens is 2. The van der Waals surface area contributed by atoms with Crippen LogP contribution in [0.25, 0.3) is 83.9 Å². The van der Waals surface area contributed by atoms with Gasteiger partial charge in [0.15, 0.2) is 5.82 Å². The van der Waals surface area contributed by atoms with Gasteiger partial charge in [-0.2, -0.15) is 0 Å². The molecule has 286 valence electrons. The van der Waals surface area contributed by atoms with Gasteiger partial charge in [0.25, 0.3) is 0 Å². The molecule has 0 saturated heterocycles. The molecule has 0 aliphatic heterocycles. The Labute approximate surface area is 356 Å². The summed E-state index contributed by atoms with van der Waals surface area (Å²) < 4.78 is 0. The van der Waals surface area contributed by atoms with E-state index in [0.717, 1.165) is 52.3 Å². The van der Waals surface area contributed by atoms with Crippen LogP contribution >= 0.6 is 0 Å². The van der Waals surface area contributed by atoms with Gasteiger partial charge in [0.05, 0.1) is 16.8 Å². The van der Waals surface area contributed by atoms with E-state index in [1.54, 1.807) is 0 Å². The number of nitrogens with zero attached hydrogens (tertiary/aromatic N) is 2. The molecule has 1 spiro atoms. The lowest BCUT2D eigenvalue weighted by atomic mass is 9.69. The van der Waals surface area contributed by atoms with Crippen molar-refractivity contribution in [2.45, 2.75) is 18.3 Å². The lowest BCUT2D eigenvalue weighted by Gasteiger charge is -2.31. The maximum absolute atomic E-state index is 5.22. The van der Waals surface area contributed by atoms with E-state index in [2.05, 4.69) is 218 Å². The molecular weight excluding hydrogens is 737 g/mol. The van der Waals surface area contributed by atoms with Crippen LogP contribution in [-0.4, -0.2) is 9.97 Å². The van der Waals surface area contributed by atoms with Crippen molar-refractivity contribution >= 4 is 5.57 Å². The normalized spacial score (nSPS) is 13.9. The van der Waals surface area contributed by atoms with E-state index in [1.165, 1.54) is 72.3 Å². The summed E-state index contributed by atoms with van der Waals surface area (Å²) in [4.78, 5) is 10.4. The third kappa shape index (κ3) is 5.71. The molecule has 2 nitrogen and oxygen atoms in total. The van der Waals surface area contributed by atoms with Gasteiger partial charge in [0, 0.05) is 11.1 Å². The topological polar surface area (TPSA) is 25.8 Å². The highest BCUT2D eigenvalue weighted by atomic mass is 14.9. The van der Waals surface area contributed by atoms with Crippen molar-refractivity contribution in [1.29, 1.82) is 0 Å². The second kappa shape index (κ2) is 14.3. The average Bonchev–Trinajstić information content (AvgIpc) is 3.81. The first kappa shape index (κ1) is 35.3. The Morgan fingerprint density at radius 2 is 0.803 bits per heavy atom. The molecule has 9 aromatic rings. The number of allylic oxidation sites excluding steroid dienone is 4. The summed E-state index contributed by atoms with van der Waals surface area (Å²) in [5.74, 6) is 0.726. The van der Waals surface area contributed by atoms with Crippen LogP contribution in [0.15, 0.2) is 218 Å². The third-order valence-electron chi connectivity index (χ3n) is 12.9. The molecule has 3 aliphatic rings. The second-order valence-corrected chi connectivity index (χ2v) is 16.4. The number of hydrogen-bond donors (Lipinski definition) is 0. The van der Waals surface area contributed by atoms with Crippen LogP contribution in [-0.2, 0) is 5.41 Å². The largest absolute Gasteiger partial charge is 0.228 e. The summed E-state index contributed by atoms with van der Waals surface area (Å²) in [7, 11) is 0. The van der Waals surface area contributed by atoms with Crippen molar-refractivity contribution in [1.82, 2.24) is 9.97 Å². The van der Waals surface area contributed by atoms with Crippen molar-refractivity contribution in [3.8, 4) is 78.3 Å². The van der Waals surface area contributed by atoms with Crippen LogP contribution in [0.4, 0.5) is 0 Å². The Morgan fingerprint density at radius 1 is 0.328 bits per heavy atom. The summed E-state index contributed by atoms with van der Waals surface area (Å²) in [6, 6.07) is 73.4. The fourth-order valence-electron chi connectivity index (χ4n) is 10.1. The fraction of sp³-hybridized carbons (Fsp3) is 0.0508. The molecule has 1 aromatic heterocycles. The highest BCUT2D eigenvalue weighted by Gasteiger charge is 2.52. The Balaban J connectivity index is 1.06. The van der Waals surface area contributed by atoms with Crippen molar-refractivity contribution in [3.05, 3.63) is 246 Å². The van der Waals surface area contributed by atoms with E-state index in [1.807, 2.05) is 0 Å². The monoisotopic (exact) mass is 776 g/mol. The van der Waals surface area contributed by atoms with E-state index >= 15 is 0 Å². The van der Waals surface area contributed by atoms with Crippen LogP contribution in [0.2, 0.25) is 0 Å². The molecule has 8 aromatic carbocycles. The molecule has 0 atom stereocenters. The van der Waals surface area contributed by atoms with E-state index in [9.17, 15) is 0 Å². The van der Waals surface area contributed by atoms with Crippen molar-refractivity contribution in [3.63, 3.8) is 0 Å². The van der Waals surface area contributed by atoms with Gasteiger partial charge in [-0.15, -0.1) is 0 Å². The Morgan fingerprint density at radius 3 is 1.39 bits per heavy atom. The van der Waals surface area contributed by atoms with Crippen molar-refractivity contribution in [2.75, 3.05) is 0 Å². The quantitative estimate of drug-likeness (QED) is 0.168. The molecule has 0 unspecified atom stereocenters. The van der Waals surface area contributed by atoms with Gasteiger partial charge >= 0.3 is 0 Å². The fourth-order valence-corrected chi connectivity index (χ4v) is 10.1. The van der Waals surface area contributed by atoms with Gasteiger partial charge in [-0.1, -0.05) is 188 Å².